The van der Waals surface area contributed by atoms with E-state index < -0.39 is 0 Å². The van der Waals surface area contributed by atoms with Gasteiger partial charge in [0, 0.05) is 25.7 Å². The molecule has 0 amide bonds. The van der Waals surface area contributed by atoms with E-state index in [0.29, 0.717) is 6.04 Å². The first-order valence-corrected chi connectivity index (χ1v) is 7.80. The summed E-state index contributed by atoms with van der Waals surface area (Å²) in [5.41, 5.74) is 1.04. The number of likely N-dealkylation sites (N-methyl/N-ethyl adjacent to an activating group) is 1. The highest BCUT2D eigenvalue weighted by molar-refractivity contribution is 5.15. The van der Waals surface area contributed by atoms with Crippen LogP contribution in [0.25, 0.3) is 0 Å². The maximum absolute atomic E-state index is 13.1. The van der Waals surface area contributed by atoms with Crippen LogP contribution in [-0.4, -0.2) is 31.1 Å². The molecule has 1 fully saturated rings. The molecule has 1 aliphatic rings. The Bertz CT molecular complexity index is 400. The van der Waals surface area contributed by atoms with Crippen molar-refractivity contribution in [3.8, 4) is 0 Å². The Morgan fingerprint density at radius 2 is 2.00 bits per heavy atom. The average Bonchev–Trinajstić information content (AvgIpc) is 2.41. The highest BCUT2D eigenvalue weighted by atomic mass is 19.1. The first kappa shape index (κ1) is 15.5. The fourth-order valence-electron chi connectivity index (χ4n) is 2.95. The quantitative estimate of drug-likeness (QED) is 0.857. The van der Waals surface area contributed by atoms with Crippen LogP contribution in [0.3, 0.4) is 0 Å². The molecule has 20 heavy (non-hydrogen) atoms. The zero-order chi connectivity index (χ0) is 14.4. The monoisotopic (exact) mass is 278 g/mol. The highest BCUT2D eigenvalue weighted by Gasteiger charge is 2.17. The van der Waals surface area contributed by atoms with Gasteiger partial charge in [0.2, 0.25) is 0 Å². The van der Waals surface area contributed by atoms with Gasteiger partial charge >= 0.3 is 0 Å². The van der Waals surface area contributed by atoms with Crippen molar-refractivity contribution in [1.29, 1.82) is 0 Å². The summed E-state index contributed by atoms with van der Waals surface area (Å²) in [6, 6.07) is 7.57. The van der Waals surface area contributed by atoms with Crippen molar-refractivity contribution in [3.05, 3.63) is 35.6 Å². The van der Waals surface area contributed by atoms with Crippen molar-refractivity contribution in [2.24, 2.45) is 5.92 Å². The summed E-state index contributed by atoms with van der Waals surface area (Å²) in [4.78, 5) is 2.24. The summed E-state index contributed by atoms with van der Waals surface area (Å²) in [6.07, 6.45) is 5.34. The van der Waals surface area contributed by atoms with Crippen LogP contribution < -0.4 is 5.32 Å². The van der Waals surface area contributed by atoms with E-state index in [9.17, 15) is 4.39 Å². The van der Waals surface area contributed by atoms with Crippen molar-refractivity contribution in [3.63, 3.8) is 0 Å². The van der Waals surface area contributed by atoms with Crippen molar-refractivity contribution in [1.82, 2.24) is 10.2 Å². The first-order valence-electron chi connectivity index (χ1n) is 7.80. The fourth-order valence-corrected chi connectivity index (χ4v) is 2.95. The molecule has 0 heterocycles. The molecule has 1 saturated carbocycles. The molecule has 0 spiro atoms. The molecule has 112 valence electrons. The zero-order valence-electron chi connectivity index (χ0n) is 12.7. The van der Waals surface area contributed by atoms with Crippen LogP contribution in [0.2, 0.25) is 0 Å². The summed E-state index contributed by atoms with van der Waals surface area (Å²) in [7, 11) is 2.09. The van der Waals surface area contributed by atoms with Gasteiger partial charge in [-0.3, -0.25) is 0 Å². The molecule has 0 saturated heterocycles. The Balaban J connectivity index is 1.64. The maximum atomic E-state index is 13.1. The van der Waals surface area contributed by atoms with Gasteiger partial charge in [0.25, 0.3) is 0 Å². The van der Waals surface area contributed by atoms with Gasteiger partial charge in [-0.2, -0.15) is 0 Å². The van der Waals surface area contributed by atoms with E-state index in [1.165, 1.54) is 31.7 Å². The molecule has 1 aromatic rings. The van der Waals surface area contributed by atoms with Crippen LogP contribution in [0.5, 0.6) is 0 Å². The lowest BCUT2D eigenvalue weighted by molar-refractivity contribution is 0.278. The number of hydrogen-bond acceptors (Lipinski definition) is 2. The van der Waals surface area contributed by atoms with Gasteiger partial charge in [0.05, 0.1) is 0 Å². The Morgan fingerprint density at radius 1 is 1.25 bits per heavy atom. The predicted molar refractivity (Wildman–Crippen MR) is 82.2 cm³/mol. The molecule has 0 unspecified atom stereocenters. The number of hydrogen-bond donors (Lipinski definition) is 1. The maximum Gasteiger partial charge on any atom is 0.123 e. The zero-order valence-corrected chi connectivity index (χ0v) is 12.7. The SMILES string of the molecule is CC1CCC(NCCN(C)Cc2cccc(F)c2)CC1. The minimum atomic E-state index is -0.148. The Kier molecular flexibility index (Phi) is 5.99. The smallest absolute Gasteiger partial charge is 0.123 e. The van der Waals surface area contributed by atoms with Gasteiger partial charge in [0.1, 0.15) is 5.82 Å². The van der Waals surface area contributed by atoms with Gasteiger partial charge in [0.15, 0.2) is 0 Å². The van der Waals surface area contributed by atoms with E-state index in [0.717, 1.165) is 31.1 Å². The summed E-state index contributed by atoms with van der Waals surface area (Å²) >= 11 is 0. The Morgan fingerprint density at radius 3 is 2.70 bits per heavy atom. The molecule has 0 bridgehead atoms. The first-order chi connectivity index (χ1) is 9.63. The summed E-state index contributed by atoms with van der Waals surface area (Å²) in [5, 5.41) is 3.65. The highest BCUT2D eigenvalue weighted by Crippen LogP contribution is 2.23. The molecular formula is C17H27FN2. The third-order valence-electron chi connectivity index (χ3n) is 4.28. The largest absolute Gasteiger partial charge is 0.313 e. The van der Waals surface area contributed by atoms with E-state index in [4.69, 9.17) is 0 Å². The molecule has 1 aliphatic carbocycles. The van der Waals surface area contributed by atoms with Crippen LogP contribution >= 0.6 is 0 Å². The average molecular weight is 278 g/mol. The molecule has 0 radical (unpaired) electrons. The molecule has 3 heteroatoms. The number of rotatable bonds is 6. The van der Waals surface area contributed by atoms with E-state index >= 15 is 0 Å². The molecular weight excluding hydrogens is 251 g/mol. The van der Waals surface area contributed by atoms with Crippen LogP contribution in [0, 0.1) is 11.7 Å². The Labute approximate surface area is 122 Å². The van der Waals surface area contributed by atoms with Gasteiger partial charge < -0.3 is 10.2 Å². The van der Waals surface area contributed by atoms with E-state index in [1.54, 1.807) is 12.1 Å². The normalized spacial score (nSPS) is 23.2. The summed E-state index contributed by atoms with van der Waals surface area (Å²) in [5.74, 6) is 0.758. The van der Waals surface area contributed by atoms with Crippen molar-refractivity contribution in [2.75, 3.05) is 20.1 Å². The minimum Gasteiger partial charge on any atom is -0.313 e. The predicted octanol–water partition coefficient (Wildman–Crippen LogP) is 3.43. The topological polar surface area (TPSA) is 15.3 Å². The van der Waals surface area contributed by atoms with Crippen molar-refractivity contribution >= 4 is 0 Å². The van der Waals surface area contributed by atoms with Crippen LogP contribution in [0.1, 0.15) is 38.2 Å². The van der Waals surface area contributed by atoms with Gasteiger partial charge in [-0.1, -0.05) is 19.1 Å². The molecule has 0 aromatic heterocycles. The number of halogens is 1. The minimum absolute atomic E-state index is 0.148. The molecule has 2 nitrogen and oxygen atoms in total. The van der Waals surface area contributed by atoms with Gasteiger partial charge in [-0.15, -0.1) is 0 Å². The second kappa shape index (κ2) is 7.75. The summed E-state index contributed by atoms with van der Waals surface area (Å²) in [6.45, 7) is 5.18. The molecule has 2 rings (SSSR count). The van der Waals surface area contributed by atoms with Crippen LogP contribution in [0.4, 0.5) is 4.39 Å². The number of nitrogens with one attached hydrogen (secondary N) is 1. The fraction of sp³-hybridized carbons (Fsp3) is 0.647. The molecule has 1 aromatic carbocycles. The Hall–Kier alpha value is -0.930. The molecule has 0 atom stereocenters. The van der Waals surface area contributed by atoms with Crippen molar-refractivity contribution in [2.45, 2.75) is 45.2 Å². The third kappa shape index (κ3) is 5.22. The lowest BCUT2D eigenvalue weighted by Crippen LogP contribution is -2.37. The molecule has 0 aliphatic heterocycles. The lowest BCUT2D eigenvalue weighted by Gasteiger charge is -2.28. The van der Waals surface area contributed by atoms with Crippen LogP contribution in [-0.2, 0) is 6.54 Å². The lowest BCUT2D eigenvalue weighted by atomic mass is 9.87. The number of nitrogens with zero attached hydrogens (tertiary/aromatic N) is 1. The third-order valence-corrected chi connectivity index (χ3v) is 4.28. The van der Waals surface area contributed by atoms with E-state index in [-0.39, 0.29) is 5.82 Å². The standard InChI is InChI=1S/C17H27FN2/c1-14-6-8-17(9-7-14)19-10-11-20(2)13-15-4-3-5-16(18)12-15/h3-5,12,14,17,19H,6-11,13H2,1-2H3. The van der Waals surface area contributed by atoms with Crippen LogP contribution in [0.15, 0.2) is 24.3 Å². The van der Waals surface area contributed by atoms with E-state index in [2.05, 4.69) is 24.2 Å². The van der Waals surface area contributed by atoms with Gasteiger partial charge in [-0.05, 0) is 56.3 Å². The van der Waals surface area contributed by atoms with Gasteiger partial charge in [-0.25, -0.2) is 4.39 Å². The molecule has 1 N–H and O–H groups in total. The summed E-state index contributed by atoms with van der Waals surface area (Å²) < 4.78 is 13.1. The second-order valence-electron chi connectivity index (χ2n) is 6.28. The second-order valence-corrected chi connectivity index (χ2v) is 6.28. The van der Waals surface area contributed by atoms with E-state index in [1.807, 2.05) is 6.07 Å². The van der Waals surface area contributed by atoms with Crippen molar-refractivity contribution < 1.29 is 4.39 Å². The number of benzene rings is 1.